The van der Waals surface area contributed by atoms with E-state index in [-0.39, 0.29) is 0 Å². The normalized spacial score (nSPS) is 11.7. The number of phenolic OH excluding ortho intramolecular Hbond substituents is 2. The van der Waals surface area contributed by atoms with Crippen LogP contribution in [0.15, 0.2) is 30.3 Å². The predicted molar refractivity (Wildman–Crippen MR) is 97.8 cm³/mol. The Balaban J connectivity index is 2.47. The number of aromatic hydroxyl groups is 2. The average Bonchev–Trinajstić information content (AvgIpc) is 2.52. The molecule has 2 N–H and O–H groups in total. The first kappa shape index (κ1) is 17.1. The van der Waals surface area contributed by atoms with Crippen LogP contribution in [0.25, 0.3) is 11.6 Å². The second-order valence-electron chi connectivity index (χ2n) is 6.28. The first-order valence-electron chi connectivity index (χ1n) is 8.23. The molecule has 2 aromatic rings. The molecule has 0 aliphatic carbocycles. The summed E-state index contributed by atoms with van der Waals surface area (Å²) >= 11 is 0. The fraction of sp³-hybridized carbons (Fsp3) is 0.333. The number of phenols is 2. The van der Waals surface area contributed by atoms with E-state index in [9.17, 15) is 10.2 Å². The molecular formula is C21H26O2. The van der Waals surface area contributed by atoms with E-state index < -0.39 is 0 Å². The van der Waals surface area contributed by atoms with Gasteiger partial charge in [0, 0.05) is 0 Å². The van der Waals surface area contributed by atoms with Crippen LogP contribution < -0.4 is 0 Å². The highest BCUT2D eigenvalue weighted by Crippen LogP contribution is 2.31. The number of hydrogen-bond donors (Lipinski definition) is 2. The summed E-state index contributed by atoms with van der Waals surface area (Å²) in [5.41, 5.74) is 6.22. The third-order valence-corrected chi connectivity index (χ3v) is 4.22. The molecule has 0 bridgehead atoms. The van der Waals surface area contributed by atoms with E-state index in [1.54, 1.807) is 6.07 Å². The Morgan fingerprint density at radius 1 is 0.957 bits per heavy atom. The maximum absolute atomic E-state index is 10.00. The number of hydrogen-bond acceptors (Lipinski definition) is 2. The van der Waals surface area contributed by atoms with Gasteiger partial charge in [-0.25, -0.2) is 0 Å². The van der Waals surface area contributed by atoms with Gasteiger partial charge >= 0.3 is 0 Å². The van der Waals surface area contributed by atoms with Gasteiger partial charge in [-0.15, -0.1) is 0 Å². The molecule has 2 nitrogen and oxygen atoms in total. The van der Waals surface area contributed by atoms with E-state index in [4.69, 9.17) is 0 Å². The van der Waals surface area contributed by atoms with Crippen molar-refractivity contribution < 1.29 is 10.2 Å². The lowest BCUT2D eigenvalue weighted by Gasteiger charge is -2.12. The second kappa shape index (κ2) is 7.36. The van der Waals surface area contributed by atoms with E-state index >= 15 is 0 Å². The van der Waals surface area contributed by atoms with E-state index in [1.165, 1.54) is 5.57 Å². The molecule has 2 aromatic carbocycles. The largest absolute Gasteiger partial charge is 0.508 e. The van der Waals surface area contributed by atoms with E-state index in [2.05, 4.69) is 25.1 Å². The van der Waals surface area contributed by atoms with Crippen molar-refractivity contribution in [2.24, 2.45) is 0 Å². The Hall–Kier alpha value is -2.22. The molecule has 0 aliphatic rings. The van der Waals surface area contributed by atoms with Gasteiger partial charge in [-0.3, -0.25) is 0 Å². The minimum absolute atomic E-state index is 0.327. The summed E-state index contributed by atoms with van der Waals surface area (Å²) in [7, 11) is 0. The summed E-state index contributed by atoms with van der Waals surface area (Å²) < 4.78 is 0. The lowest BCUT2D eigenvalue weighted by Crippen LogP contribution is -1.91. The maximum Gasteiger partial charge on any atom is 0.121 e. The van der Waals surface area contributed by atoms with Crippen molar-refractivity contribution in [3.8, 4) is 11.5 Å². The topological polar surface area (TPSA) is 40.5 Å². The quantitative estimate of drug-likeness (QED) is 0.690. The van der Waals surface area contributed by atoms with Gasteiger partial charge in [-0.05, 0) is 91.3 Å². The van der Waals surface area contributed by atoms with E-state index in [0.717, 1.165) is 47.1 Å². The summed E-state index contributed by atoms with van der Waals surface area (Å²) in [6.07, 6.45) is 5.46. The van der Waals surface area contributed by atoms with Crippen molar-refractivity contribution in [2.75, 3.05) is 0 Å². The minimum atomic E-state index is 0.327. The summed E-state index contributed by atoms with van der Waals surface area (Å²) in [5.74, 6) is 0.706. The molecule has 0 atom stereocenters. The van der Waals surface area contributed by atoms with Crippen molar-refractivity contribution >= 4 is 11.6 Å². The zero-order valence-electron chi connectivity index (χ0n) is 14.5. The van der Waals surface area contributed by atoms with Crippen molar-refractivity contribution in [3.05, 3.63) is 58.1 Å². The zero-order chi connectivity index (χ0) is 17.0. The fourth-order valence-electron chi connectivity index (χ4n) is 2.78. The first-order chi connectivity index (χ1) is 10.9. The summed E-state index contributed by atoms with van der Waals surface area (Å²) in [5, 5.41) is 19.7. The van der Waals surface area contributed by atoms with Crippen molar-refractivity contribution in [1.29, 1.82) is 0 Å². The minimum Gasteiger partial charge on any atom is -0.508 e. The van der Waals surface area contributed by atoms with Crippen molar-refractivity contribution in [2.45, 2.75) is 47.0 Å². The molecule has 0 saturated heterocycles. The smallest absolute Gasteiger partial charge is 0.121 e. The van der Waals surface area contributed by atoms with Crippen molar-refractivity contribution in [1.82, 2.24) is 0 Å². The van der Waals surface area contributed by atoms with Crippen LogP contribution in [0.1, 0.15) is 54.0 Å². The van der Waals surface area contributed by atoms with Crippen LogP contribution in [0.2, 0.25) is 0 Å². The van der Waals surface area contributed by atoms with Gasteiger partial charge in [-0.2, -0.15) is 0 Å². The molecule has 0 saturated carbocycles. The lowest BCUT2D eigenvalue weighted by molar-refractivity contribution is 0.467. The molecule has 0 heterocycles. The highest BCUT2D eigenvalue weighted by atomic mass is 16.3. The van der Waals surface area contributed by atoms with Crippen LogP contribution in [-0.4, -0.2) is 10.2 Å². The fourth-order valence-corrected chi connectivity index (χ4v) is 2.78. The Morgan fingerprint density at radius 2 is 1.61 bits per heavy atom. The Bertz CT molecular complexity index is 704. The number of allylic oxidation sites excluding steroid dienone is 1. The molecular weight excluding hydrogens is 284 g/mol. The molecule has 0 aliphatic heterocycles. The Labute approximate surface area is 139 Å². The molecule has 2 rings (SSSR count). The van der Waals surface area contributed by atoms with Gasteiger partial charge in [0.15, 0.2) is 0 Å². The summed E-state index contributed by atoms with van der Waals surface area (Å²) in [6.45, 7) is 7.98. The highest BCUT2D eigenvalue weighted by Gasteiger charge is 2.08. The molecule has 23 heavy (non-hydrogen) atoms. The van der Waals surface area contributed by atoms with Crippen LogP contribution in [-0.2, 0) is 0 Å². The van der Waals surface area contributed by atoms with Crippen LogP contribution in [0, 0.1) is 20.8 Å². The van der Waals surface area contributed by atoms with Gasteiger partial charge in [0.25, 0.3) is 0 Å². The van der Waals surface area contributed by atoms with E-state index in [1.807, 2.05) is 32.9 Å². The van der Waals surface area contributed by atoms with Gasteiger partial charge in [-0.1, -0.05) is 25.5 Å². The lowest BCUT2D eigenvalue weighted by atomic mass is 9.94. The first-order valence-corrected chi connectivity index (χ1v) is 8.23. The predicted octanol–water partition coefficient (Wildman–Crippen LogP) is 5.75. The Morgan fingerprint density at radius 3 is 2.17 bits per heavy atom. The molecule has 0 spiro atoms. The number of rotatable bonds is 5. The molecule has 122 valence electrons. The Kier molecular flexibility index (Phi) is 5.49. The van der Waals surface area contributed by atoms with Gasteiger partial charge in [0.2, 0.25) is 0 Å². The standard InChI is InChI=1S/C21H26O2/c1-5-6-7-18(13-17-8-9-20(22)14(2)10-17)19-11-15(3)21(23)16(4)12-19/h8-13,22-23H,5-7H2,1-4H3. The molecule has 0 unspecified atom stereocenters. The van der Waals surface area contributed by atoms with E-state index in [0.29, 0.717) is 11.5 Å². The van der Waals surface area contributed by atoms with Crippen LogP contribution in [0.3, 0.4) is 0 Å². The third-order valence-electron chi connectivity index (χ3n) is 4.22. The molecule has 2 heteroatoms. The summed E-state index contributed by atoms with van der Waals surface area (Å²) in [4.78, 5) is 0. The van der Waals surface area contributed by atoms with Crippen LogP contribution in [0.5, 0.6) is 11.5 Å². The zero-order valence-corrected chi connectivity index (χ0v) is 14.5. The molecule has 0 radical (unpaired) electrons. The molecule has 0 aromatic heterocycles. The second-order valence-corrected chi connectivity index (χ2v) is 6.28. The maximum atomic E-state index is 10.00. The highest BCUT2D eigenvalue weighted by molar-refractivity contribution is 5.82. The van der Waals surface area contributed by atoms with Crippen LogP contribution in [0.4, 0.5) is 0 Å². The number of benzene rings is 2. The monoisotopic (exact) mass is 310 g/mol. The van der Waals surface area contributed by atoms with Gasteiger partial charge in [0.05, 0.1) is 0 Å². The number of unbranched alkanes of at least 4 members (excludes halogenated alkanes) is 1. The average molecular weight is 310 g/mol. The molecule has 0 amide bonds. The molecule has 0 fully saturated rings. The van der Waals surface area contributed by atoms with Gasteiger partial charge < -0.3 is 10.2 Å². The summed E-state index contributed by atoms with van der Waals surface area (Å²) in [6, 6.07) is 9.79. The van der Waals surface area contributed by atoms with Crippen molar-refractivity contribution in [3.63, 3.8) is 0 Å². The van der Waals surface area contributed by atoms with Gasteiger partial charge in [0.1, 0.15) is 11.5 Å². The number of aryl methyl sites for hydroxylation is 3. The third kappa shape index (κ3) is 4.16. The SMILES string of the molecule is CCCCC(=Cc1ccc(O)c(C)c1)c1cc(C)c(O)c(C)c1. The van der Waals surface area contributed by atoms with Crippen LogP contribution >= 0.6 is 0 Å².